The van der Waals surface area contributed by atoms with Crippen LogP contribution in [0.2, 0.25) is 0 Å². The molecule has 156 valence electrons. The third-order valence-corrected chi connectivity index (χ3v) is 4.97. The monoisotopic (exact) mass is 505 g/mol. The van der Waals surface area contributed by atoms with Crippen LogP contribution in [0.5, 0.6) is 0 Å². The van der Waals surface area contributed by atoms with Gasteiger partial charge in [-0.25, -0.2) is 4.98 Å². The molecule has 1 aromatic heterocycles. The van der Waals surface area contributed by atoms with Crippen molar-refractivity contribution in [2.24, 2.45) is 4.99 Å². The van der Waals surface area contributed by atoms with E-state index in [1.165, 1.54) is 16.3 Å². The van der Waals surface area contributed by atoms with Crippen molar-refractivity contribution in [3.63, 3.8) is 0 Å². The minimum absolute atomic E-state index is 0. The highest BCUT2D eigenvalue weighted by Gasteiger charge is 2.08. The number of hydrogen-bond donors (Lipinski definition) is 2. The quantitative estimate of drug-likeness (QED) is 0.195. The van der Waals surface area contributed by atoms with Gasteiger partial charge in [-0.1, -0.05) is 36.4 Å². The van der Waals surface area contributed by atoms with E-state index in [-0.39, 0.29) is 30.0 Å². The lowest BCUT2D eigenvalue weighted by Crippen LogP contribution is -2.38. The fourth-order valence-electron chi connectivity index (χ4n) is 3.31. The number of nitrogens with zero attached hydrogens (tertiary/aromatic N) is 3. The standard InChI is InChI=1S/C23H31N5.HI/c1-4-24-23(26-13-7-8-15-28-16-14-25-19(28)3)27-18(2)21-12-11-20-9-5-6-10-22(20)17-21;/h5-6,9-12,14,16-18H,4,7-8,13,15H2,1-3H3,(H2,24,26,27);1H. The maximum Gasteiger partial charge on any atom is 0.191 e. The third kappa shape index (κ3) is 6.73. The van der Waals surface area contributed by atoms with Gasteiger partial charge in [-0.3, -0.25) is 4.99 Å². The Kier molecular flexibility index (Phi) is 9.44. The van der Waals surface area contributed by atoms with Gasteiger partial charge in [0.2, 0.25) is 0 Å². The zero-order valence-corrected chi connectivity index (χ0v) is 19.9. The number of hydrogen-bond acceptors (Lipinski definition) is 2. The van der Waals surface area contributed by atoms with Crippen molar-refractivity contribution >= 4 is 40.7 Å². The minimum Gasteiger partial charge on any atom is -0.357 e. The van der Waals surface area contributed by atoms with Crippen LogP contribution in [0.15, 0.2) is 59.9 Å². The van der Waals surface area contributed by atoms with Crippen molar-refractivity contribution in [2.45, 2.75) is 46.2 Å². The second-order valence-electron chi connectivity index (χ2n) is 7.11. The summed E-state index contributed by atoms with van der Waals surface area (Å²) in [5.41, 5.74) is 1.26. The molecule has 1 atom stereocenters. The van der Waals surface area contributed by atoms with Gasteiger partial charge in [0.15, 0.2) is 5.96 Å². The van der Waals surface area contributed by atoms with Gasteiger partial charge in [-0.2, -0.15) is 0 Å². The zero-order chi connectivity index (χ0) is 19.8. The molecular weight excluding hydrogens is 473 g/mol. The average Bonchev–Trinajstić information content (AvgIpc) is 3.12. The summed E-state index contributed by atoms with van der Waals surface area (Å²) in [4.78, 5) is 9.02. The largest absolute Gasteiger partial charge is 0.357 e. The molecule has 3 rings (SSSR count). The van der Waals surface area contributed by atoms with Gasteiger partial charge >= 0.3 is 0 Å². The summed E-state index contributed by atoms with van der Waals surface area (Å²) in [6.45, 7) is 8.98. The highest BCUT2D eigenvalue weighted by atomic mass is 127. The summed E-state index contributed by atoms with van der Waals surface area (Å²) in [5.74, 6) is 1.95. The van der Waals surface area contributed by atoms with E-state index in [1.807, 2.05) is 19.3 Å². The topological polar surface area (TPSA) is 54.2 Å². The van der Waals surface area contributed by atoms with Crippen LogP contribution in [-0.4, -0.2) is 28.6 Å². The molecule has 6 heteroatoms. The number of benzene rings is 2. The molecule has 2 N–H and O–H groups in total. The number of nitrogens with one attached hydrogen (secondary N) is 2. The summed E-state index contributed by atoms with van der Waals surface area (Å²) >= 11 is 0. The fourth-order valence-corrected chi connectivity index (χ4v) is 3.31. The van der Waals surface area contributed by atoms with Crippen LogP contribution in [-0.2, 0) is 6.54 Å². The highest BCUT2D eigenvalue weighted by Crippen LogP contribution is 2.20. The molecule has 0 amide bonds. The fraction of sp³-hybridized carbons (Fsp3) is 0.391. The second-order valence-corrected chi connectivity index (χ2v) is 7.11. The number of aliphatic imine (C=N–C) groups is 1. The summed E-state index contributed by atoms with van der Waals surface area (Å²) in [7, 11) is 0. The summed E-state index contributed by atoms with van der Waals surface area (Å²) in [6.07, 6.45) is 6.04. The Labute approximate surface area is 191 Å². The second kappa shape index (κ2) is 11.8. The summed E-state index contributed by atoms with van der Waals surface area (Å²) in [5, 5.41) is 9.43. The number of rotatable bonds is 8. The minimum atomic E-state index is 0. The molecule has 0 bridgehead atoms. The van der Waals surface area contributed by atoms with Crippen LogP contribution in [0, 0.1) is 6.92 Å². The molecule has 0 aliphatic carbocycles. The van der Waals surface area contributed by atoms with Crippen LogP contribution in [0.4, 0.5) is 0 Å². The summed E-state index contributed by atoms with van der Waals surface area (Å²) < 4.78 is 2.19. The molecule has 0 fully saturated rings. The van der Waals surface area contributed by atoms with E-state index in [9.17, 15) is 0 Å². The van der Waals surface area contributed by atoms with Crippen molar-refractivity contribution in [3.05, 3.63) is 66.2 Å². The first-order valence-corrected chi connectivity index (χ1v) is 10.2. The Bertz CT molecular complexity index is 918. The van der Waals surface area contributed by atoms with Gasteiger partial charge in [-0.15, -0.1) is 24.0 Å². The lowest BCUT2D eigenvalue weighted by molar-refractivity contribution is 0.599. The molecule has 0 saturated carbocycles. The van der Waals surface area contributed by atoms with E-state index in [0.717, 1.165) is 44.3 Å². The maximum atomic E-state index is 4.75. The molecule has 0 aliphatic rings. The van der Waals surface area contributed by atoms with E-state index >= 15 is 0 Å². The Morgan fingerprint density at radius 2 is 1.93 bits per heavy atom. The SMILES string of the molecule is CCNC(=NCCCCn1ccnc1C)NC(C)c1ccc2ccccc2c1.I. The van der Waals surface area contributed by atoms with Crippen molar-refractivity contribution in [3.8, 4) is 0 Å². The molecule has 2 aromatic carbocycles. The number of halogens is 1. The first kappa shape index (κ1) is 23.2. The van der Waals surface area contributed by atoms with Crippen LogP contribution >= 0.6 is 24.0 Å². The van der Waals surface area contributed by atoms with E-state index in [2.05, 4.69) is 76.5 Å². The average molecular weight is 505 g/mol. The number of unbranched alkanes of at least 4 members (excludes halogenated alkanes) is 1. The molecule has 0 saturated heterocycles. The smallest absolute Gasteiger partial charge is 0.191 e. The number of imidazole rings is 1. The van der Waals surface area contributed by atoms with Crippen molar-refractivity contribution in [1.82, 2.24) is 20.2 Å². The van der Waals surface area contributed by atoms with E-state index in [4.69, 9.17) is 4.99 Å². The molecule has 5 nitrogen and oxygen atoms in total. The first-order chi connectivity index (χ1) is 13.7. The Morgan fingerprint density at radius 3 is 2.66 bits per heavy atom. The van der Waals surface area contributed by atoms with Crippen LogP contribution in [0.25, 0.3) is 10.8 Å². The molecule has 29 heavy (non-hydrogen) atoms. The number of aryl methyl sites for hydroxylation is 2. The number of aromatic nitrogens is 2. The molecule has 1 heterocycles. The van der Waals surface area contributed by atoms with Gasteiger partial charge in [0.05, 0.1) is 6.04 Å². The highest BCUT2D eigenvalue weighted by molar-refractivity contribution is 14.0. The number of fused-ring (bicyclic) bond motifs is 1. The third-order valence-electron chi connectivity index (χ3n) is 4.97. The van der Waals surface area contributed by atoms with Gasteiger partial charge < -0.3 is 15.2 Å². The van der Waals surface area contributed by atoms with E-state index < -0.39 is 0 Å². The van der Waals surface area contributed by atoms with Crippen LogP contribution < -0.4 is 10.6 Å². The molecule has 0 radical (unpaired) electrons. The van der Waals surface area contributed by atoms with Crippen molar-refractivity contribution < 1.29 is 0 Å². The molecule has 0 spiro atoms. The zero-order valence-electron chi connectivity index (χ0n) is 17.6. The van der Waals surface area contributed by atoms with E-state index in [0.29, 0.717) is 0 Å². The van der Waals surface area contributed by atoms with Crippen molar-refractivity contribution in [1.29, 1.82) is 0 Å². The first-order valence-electron chi connectivity index (χ1n) is 10.2. The van der Waals surface area contributed by atoms with Crippen LogP contribution in [0.1, 0.15) is 44.1 Å². The maximum absolute atomic E-state index is 4.75. The van der Waals surface area contributed by atoms with E-state index in [1.54, 1.807) is 0 Å². The van der Waals surface area contributed by atoms with Gasteiger partial charge in [0, 0.05) is 32.0 Å². The van der Waals surface area contributed by atoms with Gasteiger partial charge in [-0.05, 0) is 56.0 Å². The van der Waals surface area contributed by atoms with Gasteiger partial charge in [0.1, 0.15) is 5.82 Å². The van der Waals surface area contributed by atoms with Crippen LogP contribution in [0.3, 0.4) is 0 Å². The molecule has 0 aliphatic heterocycles. The predicted molar refractivity (Wildman–Crippen MR) is 133 cm³/mol. The normalized spacial score (nSPS) is 12.4. The molecule has 3 aromatic rings. The Hall–Kier alpha value is -2.09. The lowest BCUT2D eigenvalue weighted by Gasteiger charge is -2.18. The predicted octanol–water partition coefficient (Wildman–Crippen LogP) is 5.06. The number of guanidine groups is 1. The Morgan fingerprint density at radius 1 is 1.14 bits per heavy atom. The Balaban J connectivity index is 0.00000300. The van der Waals surface area contributed by atoms with Gasteiger partial charge in [0.25, 0.3) is 0 Å². The molecule has 1 unspecified atom stereocenters. The lowest BCUT2D eigenvalue weighted by atomic mass is 10.0. The summed E-state index contributed by atoms with van der Waals surface area (Å²) in [6, 6.07) is 15.3. The molecular formula is C23H32IN5. The van der Waals surface area contributed by atoms with Crippen molar-refractivity contribution in [2.75, 3.05) is 13.1 Å².